The number of alkyl halides is 3. The summed E-state index contributed by atoms with van der Waals surface area (Å²) in [7, 11) is 1.12. The standard InChI is InChI=1S/C10H6F3NO2/c1-16-9(15)6-5-7-3-2-4-8(14-7)10(11,12)13/h2-4H,1H3. The molecule has 0 fully saturated rings. The summed E-state index contributed by atoms with van der Waals surface area (Å²) in [5.74, 6) is 3.32. The fraction of sp³-hybridized carbons (Fsp3) is 0.200. The van der Waals surface area contributed by atoms with E-state index in [0.717, 1.165) is 19.2 Å². The van der Waals surface area contributed by atoms with Crippen LogP contribution in [0.1, 0.15) is 11.4 Å². The Balaban J connectivity index is 2.99. The lowest BCUT2D eigenvalue weighted by molar-refractivity contribution is -0.141. The van der Waals surface area contributed by atoms with Crippen LogP contribution in [0.2, 0.25) is 0 Å². The molecule has 0 aliphatic carbocycles. The van der Waals surface area contributed by atoms with Gasteiger partial charge in [-0.1, -0.05) is 6.07 Å². The molecule has 0 atom stereocenters. The van der Waals surface area contributed by atoms with E-state index in [0.29, 0.717) is 0 Å². The average molecular weight is 229 g/mol. The maximum absolute atomic E-state index is 12.2. The zero-order valence-corrected chi connectivity index (χ0v) is 8.13. The molecule has 16 heavy (non-hydrogen) atoms. The molecular formula is C10H6F3NO2. The van der Waals surface area contributed by atoms with E-state index in [1.807, 2.05) is 5.92 Å². The molecule has 1 aromatic rings. The molecule has 6 heteroatoms. The average Bonchev–Trinajstić information content (AvgIpc) is 2.25. The number of aromatic nitrogens is 1. The van der Waals surface area contributed by atoms with Crippen molar-refractivity contribution in [1.82, 2.24) is 4.98 Å². The number of rotatable bonds is 0. The maximum Gasteiger partial charge on any atom is 0.433 e. The first-order valence-corrected chi connectivity index (χ1v) is 4.07. The van der Waals surface area contributed by atoms with Crippen LogP contribution in [0.4, 0.5) is 13.2 Å². The Morgan fingerprint density at radius 2 is 2.12 bits per heavy atom. The van der Waals surface area contributed by atoms with Crippen molar-refractivity contribution < 1.29 is 22.7 Å². The molecule has 0 unspecified atom stereocenters. The molecule has 0 spiro atoms. The summed E-state index contributed by atoms with van der Waals surface area (Å²) in [5, 5.41) is 0. The molecule has 0 aliphatic rings. The zero-order chi connectivity index (χ0) is 12.2. The maximum atomic E-state index is 12.2. The van der Waals surface area contributed by atoms with Gasteiger partial charge >= 0.3 is 12.1 Å². The molecule has 84 valence electrons. The minimum Gasteiger partial charge on any atom is -0.459 e. The number of esters is 1. The second kappa shape index (κ2) is 4.66. The topological polar surface area (TPSA) is 39.2 Å². The number of pyridine rings is 1. The molecule has 0 N–H and O–H groups in total. The van der Waals surface area contributed by atoms with Crippen LogP contribution < -0.4 is 0 Å². The number of carbonyl (C=O) groups is 1. The summed E-state index contributed by atoms with van der Waals surface area (Å²) in [6.45, 7) is 0. The Labute approximate surface area is 89.2 Å². The number of ether oxygens (including phenoxy) is 1. The van der Waals surface area contributed by atoms with Crippen molar-refractivity contribution in [3.63, 3.8) is 0 Å². The van der Waals surface area contributed by atoms with Crippen LogP contribution in [0.3, 0.4) is 0 Å². The molecule has 1 heterocycles. The van der Waals surface area contributed by atoms with Crippen LogP contribution >= 0.6 is 0 Å². The number of hydrogen-bond acceptors (Lipinski definition) is 3. The predicted molar refractivity (Wildman–Crippen MR) is 48.1 cm³/mol. The van der Waals surface area contributed by atoms with Gasteiger partial charge in [-0.05, 0) is 18.1 Å². The van der Waals surface area contributed by atoms with E-state index in [-0.39, 0.29) is 5.69 Å². The van der Waals surface area contributed by atoms with E-state index in [4.69, 9.17) is 0 Å². The predicted octanol–water partition coefficient (Wildman–Crippen LogP) is 1.62. The fourth-order valence-corrected chi connectivity index (χ4v) is 0.828. The second-order valence-corrected chi connectivity index (χ2v) is 2.65. The third-order valence-electron chi connectivity index (χ3n) is 1.52. The Bertz CT molecular complexity index is 457. The lowest BCUT2D eigenvalue weighted by Gasteiger charge is -2.04. The highest BCUT2D eigenvalue weighted by Crippen LogP contribution is 2.27. The van der Waals surface area contributed by atoms with Crippen LogP contribution in [0, 0.1) is 11.8 Å². The first-order chi connectivity index (χ1) is 7.43. The minimum absolute atomic E-state index is 0.139. The normalized spacial score (nSPS) is 10.2. The molecule has 0 aromatic carbocycles. The largest absolute Gasteiger partial charge is 0.459 e. The van der Waals surface area contributed by atoms with Gasteiger partial charge in [-0.15, -0.1) is 0 Å². The van der Waals surface area contributed by atoms with E-state index >= 15 is 0 Å². The molecule has 0 bridgehead atoms. The minimum atomic E-state index is -4.52. The summed E-state index contributed by atoms with van der Waals surface area (Å²) < 4.78 is 40.9. The number of hydrogen-bond donors (Lipinski definition) is 0. The van der Waals surface area contributed by atoms with Crippen LogP contribution in [-0.2, 0) is 15.7 Å². The summed E-state index contributed by atoms with van der Waals surface area (Å²) in [6, 6.07) is 3.26. The Morgan fingerprint density at radius 1 is 1.44 bits per heavy atom. The van der Waals surface area contributed by atoms with Crippen molar-refractivity contribution in [2.75, 3.05) is 7.11 Å². The van der Waals surface area contributed by atoms with Crippen molar-refractivity contribution in [3.05, 3.63) is 29.6 Å². The van der Waals surface area contributed by atoms with Crippen LogP contribution in [0.5, 0.6) is 0 Å². The zero-order valence-electron chi connectivity index (χ0n) is 8.13. The van der Waals surface area contributed by atoms with Gasteiger partial charge in [0.1, 0.15) is 11.4 Å². The second-order valence-electron chi connectivity index (χ2n) is 2.65. The van der Waals surface area contributed by atoms with Crippen LogP contribution in [0.25, 0.3) is 0 Å². The Kier molecular flexibility index (Phi) is 3.51. The lowest BCUT2D eigenvalue weighted by Crippen LogP contribution is -2.08. The van der Waals surface area contributed by atoms with Gasteiger partial charge in [0.2, 0.25) is 0 Å². The molecule has 0 saturated carbocycles. The van der Waals surface area contributed by atoms with Crippen molar-refractivity contribution in [3.8, 4) is 11.8 Å². The van der Waals surface area contributed by atoms with E-state index in [1.54, 1.807) is 0 Å². The highest BCUT2D eigenvalue weighted by atomic mass is 19.4. The molecule has 0 amide bonds. The molecule has 1 aromatic heterocycles. The summed E-state index contributed by atoms with van der Waals surface area (Å²) in [6.07, 6.45) is -4.52. The highest BCUT2D eigenvalue weighted by Gasteiger charge is 2.32. The first-order valence-electron chi connectivity index (χ1n) is 4.07. The molecular weight excluding hydrogens is 223 g/mol. The van der Waals surface area contributed by atoms with Crippen molar-refractivity contribution in [2.24, 2.45) is 0 Å². The number of halogens is 3. The lowest BCUT2D eigenvalue weighted by atomic mass is 10.3. The van der Waals surface area contributed by atoms with Gasteiger partial charge in [-0.3, -0.25) is 0 Å². The van der Waals surface area contributed by atoms with Gasteiger partial charge in [0, 0.05) is 5.92 Å². The third-order valence-corrected chi connectivity index (χ3v) is 1.52. The Hall–Kier alpha value is -2.03. The van der Waals surface area contributed by atoms with Gasteiger partial charge < -0.3 is 4.74 Å². The van der Waals surface area contributed by atoms with Crippen LogP contribution in [-0.4, -0.2) is 18.1 Å². The van der Waals surface area contributed by atoms with E-state index in [1.165, 1.54) is 6.07 Å². The van der Waals surface area contributed by atoms with Gasteiger partial charge in [0.15, 0.2) is 0 Å². The van der Waals surface area contributed by atoms with Gasteiger partial charge in [-0.2, -0.15) is 13.2 Å². The van der Waals surface area contributed by atoms with Crippen molar-refractivity contribution >= 4 is 5.97 Å². The Morgan fingerprint density at radius 3 is 2.69 bits per heavy atom. The van der Waals surface area contributed by atoms with E-state index in [9.17, 15) is 18.0 Å². The summed E-state index contributed by atoms with van der Waals surface area (Å²) >= 11 is 0. The van der Waals surface area contributed by atoms with Crippen LogP contribution in [0.15, 0.2) is 18.2 Å². The quantitative estimate of drug-likeness (QED) is 0.501. The van der Waals surface area contributed by atoms with Gasteiger partial charge in [-0.25, -0.2) is 9.78 Å². The molecule has 1 rings (SSSR count). The molecule has 0 saturated heterocycles. The molecule has 0 aliphatic heterocycles. The summed E-state index contributed by atoms with van der Waals surface area (Å²) in [5.41, 5.74) is -1.19. The number of methoxy groups -OCH3 is 1. The smallest absolute Gasteiger partial charge is 0.433 e. The van der Waals surface area contributed by atoms with E-state index in [2.05, 4.69) is 15.6 Å². The third kappa shape index (κ3) is 3.28. The molecule has 0 radical (unpaired) electrons. The van der Waals surface area contributed by atoms with Crippen molar-refractivity contribution in [1.29, 1.82) is 0 Å². The summed E-state index contributed by atoms with van der Waals surface area (Å²) in [4.78, 5) is 13.9. The van der Waals surface area contributed by atoms with Gasteiger partial charge in [0.05, 0.1) is 7.11 Å². The SMILES string of the molecule is COC(=O)C#Cc1cccc(C(F)(F)F)n1. The number of nitrogens with zero attached hydrogens (tertiary/aromatic N) is 1. The van der Waals surface area contributed by atoms with E-state index < -0.39 is 17.8 Å². The van der Waals surface area contributed by atoms with Crippen molar-refractivity contribution in [2.45, 2.75) is 6.18 Å². The van der Waals surface area contributed by atoms with Gasteiger partial charge in [0.25, 0.3) is 0 Å². The highest BCUT2D eigenvalue weighted by molar-refractivity contribution is 5.88. The monoisotopic (exact) mass is 229 g/mol. The first kappa shape index (κ1) is 12.0. The molecule has 3 nitrogen and oxygen atoms in total. The number of carbonyl (C=O) groups excluding carboxylic acids is 1. The fourth-order valence-electron chi connectivity index (χ4n) is 0.828.